The van der Waals surface area contributed by atoms with E-state index in [1.807, 2.05) is 0 Å². The molecule has 0 radical (unpaired) electrons. The Bertz CT molecular complexity index is 1120. The molecule has 0 spiro atoms. The smallest absolute Gasteiger partial charge is 0.355 e. The first kappa shape index (κ1) is 22.6. The highest BCUT2D eigenvalue weighted by molar-refractivity contribution is 6.03. The van der Waals surface area contributed by atoms with Gasteiger partial charge in [0.25, 0.3) is 0 Å². The Kier molecular flexibility index (Phi) is 7.40. The lowest BCUT2D eigenvalue weighted by Crippen LogP contribution is -2.12. The van der Waals surface area contributed by atoms with Gasteiger partial charge in [-0.15, -0.1) is 0 Å². The van der Waals surface area contributed by atoms with Gasteiger partial charge in [0.2, 0.25) is 0 Å². The molecule has 0 aliphatic rings. The molecule has 31 heavy (non-hydrogen) atoms. The van der Waals surface area contributed by atoms with Crippen molar-refractivity contribution in [2.24, 2.45) is 0 Å². The van der Waals surface area contributed by atoms with Crippen molar-refractivity contribution in [2.45, 2.75) is 0 Å². The largest absolute Gasteiger partial charge is 0.478 e. The molecule has 1 heterocycles. The molecular weight excluding hydrogens is 408 g/mol. The van der Waals surface area contributed by atoms with E-state index in [4.69, 9.17) is 20.4 Å². The fraction of sp³-hybridized carbons (Fsp3) is 0. The van der Waals surface area contributed by atoms with E-state index in [9.17, 15) is 19.2 Å². The van der Waals surface area contributed by atoms with Crippen LogP contribution in [0.25, 0.3) is 10.9 Å². The number of carboxylic acids is 4. The number of nitrogens with zero attached hydrogens (tertiary/aromatic N) is 1. The summed E-state index contributed by atoms with van der Waals surface area (Å²) in [5, 5.41) is 37.9. The molecule has 0 fully saturated rings. The second-order valence-electron chi connectivity index (χ2n) is 5.88. The van der Waals surface area contributed by atoms with E-state index in [1.54, 1.807) is 54.6 Å². The predicted molar refractivity (Wildman–Crippen MR) is 109 cm³/mol. The van der Waals surface area contributed by atoms with Crippen LogP contribution in [0, 0.1) is 0 Å². The Hall–Kier alpha value is -4.73. The van der Waals surface area contributed by atoms with Crippen LogP contribution < -0.4 is 5.32 Å². The van der Waals surface area contributed by atoms with Gasteiger partial charge in [-0.05, 0) is 24.3 Å². The fourth-order valence-electron chi connectivity index (χ4n) is 2.39. The molecule has 0 atom stereocenters. The van der Waals surface area contributed by atoms with Crippen LogP contribution >= 0.6 is 0 Å². The average Bonchev–Trinajstić information content (AvgIpc) is 2.73. The van der Waals surface area contributed by atoms with Gasteiger partial charge in [-0.3, -0.25) is 0 Å². The summed E-state index contributed by atoms with van der Waals surface area (Å²) < 4.78 is 0. The minimum Gasteiger partial charge on any atom is -0.478 e. The number of hydrogen-bond donors (Lipinski definition) is 5. The van der Waals surface area contributed by atoms with Crippen molar-refractivity contribution in [1.82, 2.24) is 4.98 Å². The zero-order valence-corrected chi connectivity index (χ0v) is 15.7. The number of carbonyl (C=O) groups is 4. The van der Waals surface area contributed by atoms with Crippen molar-refractivity contribution in [1.29, 1.82) is 0 Å². The maximum Gasteiger partial charge on any atom is 0.355 e. The van der Waals surface area contributed by atoms with Crippen LogP contribution in [0.15, 0.2) is 72.4 Å². The number of carboxylic acid groups (broad SMARTS) is 4. The third-order valence-electron chi connectivity index (χ3n) is 3.71. The molecular formula is C21H16N2O8. The first-order valence-corrected chi connectivity index (χ1v) is 8.55. The molecule has 3 aromatic rings. The van der Waals surface area contributed by atoms with E-state index < -0.39 is 29.6 Å². The number of rotatable bonds is 6. The summed E-state index contributed by atoms with van der Waals surface area (Å²) >= 11 is 0. The first-order valence-electron chi connectivity index (χ1n) is 8.55. The van der Waals surface area contributed by atoms with E-state index in [0.717, 1.165) is 0 Å². The number of nitrogens with one attached hydrogen (secondary N) is 1. The zero-order valence-electron chi connectivity index (χ0n) is 15.7. The van der Waals surface area contributed by atoms with E-state index >= 15 is 0 Å². The Balaban J connectivity index is 0.000000221. The van der Waals surface area contributed by atoms with E-state index in [1.165, 1.54) is 6.07 Å². The molecule has 2 aromatic carbocycles. The molecule has 0 saturated carbocycles. The van der Waals surface area contributed by atoms with Gasteiger partial charge in [0, 0.05) is 11.1 Å². The van der Waals surface area contributed by atoms with Crippen molar-refractivity contribution in [2.75, 3.05) is 5.32 Å². The Morgan fingerprint density at radius 1 is 0.806 bits per heavy atom. The van der Waals surface area contributed by atoms with Gasteiger partial charge in [0.15, 0.2) is 5.69 Å². The van der Waals surface area contributed by atoms with E-state index in [-0.39, 0.29) is 11.3 Å². The normalized spacial score (nSPS) is 10.5. The predicted octanol–water partition coefficient (Wildman–Crippen LogP) is 2.78. The molecule has 0 aliphatic heterocycles. The highest BCUT2D eigenvalue weighted by atomic mass is 16.4. The van der Waals surface area contributed by atoms with Crippen LogP contribution in [0.3, 0.4) is 0 Å². The van der Waals surface area contributed by atoms with Crippen molar-refractivity contribution >= 4 is 40.5 Å². The average molecular weight is 424 g/mol. The first-order chi connectivity index (χ1) is 14.7. The van der Waals surface area contributed by atoms with Gasteiger partial charge in [0.05, 0.1) is 17.2 Å². The van der Waals surface area contributed by atoms with Gasteiger partial charge < -0.3 is 25.7 Å². The Labute approximate surface area is 174 Å². The lowest BCUT2D eigenvalue weighted by atomic mass is 10.1. The number of aromatic carboxylic acids is 2. The van der Waals surface area contributed by atoms with Crippen molar-refractivity contribution in [3.05, 3.63) is 83.7 Å². The molecule has 10 heteroatoms. The summed E-state index contributed by atoms with van der Waals surface area (Å²) in [4.78, 5) is 46.5. The van der Waals surface area contributed by atoms with Gasteiger partial charge in [0.1, 0.15) is 5.70 Å². The molecule has 3 rings (SSSR count). The second kappa shape index (κ2) is 10.2. The summed E-state index contributed by atoms with van der Waals surface area (Å²) in [6.45, 7) is 0. The number of anilines is 1. The SMILES string of the molecule is O=C(O)/C=C(\Nc1ccccc1)C(=O)O.O=C(O)c1cc2ccccc2nc1C(=O)O. The highest BCUT2D eigenvalue weighted by Gasteiger charge is 2.18. The third-order valence-corrected chi connectivity index (χ3v) is 3.71. The van der Waals surface area contributed by atoms with E-state index in [0.29, 0.717) is 22.7 Å². The van der Waals surface area contributed by atoms with Crippen LogP contribution in [0.1, 0.15) is 20.8 Å². The Morgan fingerprint density at radius 2 is 1.42 bits per heavy atom. The maximum atomic E-state index is 10.9. The van der Waals surface area contributed by atoms with Crippen LogP contribution in [0.4, 0.5) is 5.69 Å². The number of para-hydroxylation sites is 2. The lowest BCUT2D eigenvalue weighted by Gasteiger charge is -2.05. The molecule has 0 amide bonds. The minimum atomic E-state index is -1.34. The molecule has 0 unspecified atom stereocenters. The molecule has 0 aliphatic carbocycles. The lowest BCUT2D eigenvalue weighted by molar-refractivity contribution is -0.134. The molecule has 158 valence electrons. The standard InChI is InChI=1S/C11H7NO4.C10H9NO4/c13-10(14)7-5-6-3-1-2-4-8(6)12-9(7)11(15)16;12-9(13)6-8(10(14)15)11-7-4-2-1-3-5-7/h1-5H,(H,13,14)(H,15,16);1-6,11H,(H,12,13)(H,14,15)/b;8-6-. The zero-order chi connectivity index (χ0) is 23.0. The third kappa shape index (κ3) is 6.39. The van der Waals surface area contributed by atoms with Crippen LogP contribution in [0.2, 0.25) is 0 Å². The number of fused-ring (bicyclic) bond motifs is 1. The van der Waals surface area contributed by atoms with Crippen LogP contribution in [-0.2, 0) is 9.59 Å². The summed E-state index contributed by atoms with van der Waals surface area (Å²) in [6.07, 6.45) is 0.606. The Morgan fingerprint density at radius 3 is 1.97 bits per heavy atom. The molecule has 0 bridgehead atoms. The van der Waals surface area contributed by atoms with E-state index in [2.05, 4.69) is 10.3 Å². The second-order valence-corrected chi connectivity index (χ2v) is 5.88. The number of aromatic nitrogens is 1. The summed E-state index contributed by atoms with van der Waals surface area (Å²) in [5.74, 6) is -5.27. The number of benzene rings is 2. The number of pyridine rings is 1. The fourth-order valence-corrected chi connectivity index (χ4v) is 2.39. The topological polar surface area (TPSA) is 174 Å². The molecule has 1 aromatic heterocycles. The minimum absolute atomic E-state index is 0.300. The quantitative estimate of drug-likeness (QED) is 0.370. The van der Waals surface area contributed by atoms with Crippen LogP contribution in [-0.4, -0.2) is 49.3 Å². The molecule has 10 nitrogen and oxygen atoms in total. The van der Waals surface area contributed by atoms with Crippen molar-refractivity contribution < 1.29 is 39.6 Å². The van der Waals surface area contributed by atoms with Gasteiger partial charge in [-0.25, -0.2) is 24.2 Å². The summed E-state index contributed by atoms with van der Waals surface area (Å²) in [5.41, 5.74) is -0.136. The number of aliphatic carboxylic acids is 2. The molecule has 0 saturated heterocycles. The maximum absolute atomic E-state index is 10.9. The summed E-state index contributed by atoms with van der Waals surface area (Å²) in [6, 6.07) is 16.5. The van der Waals surface area contributed by atoms with Crippen LogP contribution in [0.5, 0.6) is 0 Å². The molecule has 5 N–H and O–H groups in total. The van der Waals surface area contributed by atoms with Crippen molar-refractivity contribution in [3.8, 4) is 0 Å². The monoisotopic (exact) mass is 424 g/mol. The van der Waals surface area contributed by atoms with Gasteiger partial charge in [-0.1, -0.05) is 36.4 Å². The van der Waals surface area contributed by atoms with Crippen molar-refractivity contribution in [3.63, 3.8) is 0 Å². The van der Waals surface area contributed by atoms with Gasteiger partial charge >= 0.3 is 23.9 Å². The highest BCUT2D eigenvalue weighted by Crippen LogP contribution is 2.16. The van der Waals surface area contributed by atoms with Gasteiger partial charge in [-0.2, -0.15) is 0 Å². The summed E-state index contributed by atoms with van der Waals surface area (Å²) in [7, 11) is 0. The number of hydrogen-bond acceptors (Lipinski definition) is 6.